The smallest absolute Gasteiger partial charge is 0.242 e. The predicted octanol–water partition coefficient (Wildman–Crippen LogP) is 1.80. The van der Waals surface area contributed by atoms with Crippen LogP contribution < -0.4 is 15.4 Å². The van der Waals surface area contributed by atoms with Crippen molar-refractivity contribution in [3.8, 4) is 0 Å². The van der Waals surface area contributed by atoms with Gasteiger partial charge in [0.15, 0.2) is 0 Å². The van der Waals surface area contributed by atoms with Crippen LogP contribution in [0.15, 0.2) is 23.1 Å². The maximum Gasteiger partial charge on any atom is 0.242 e. The molecule has 5 nitrogen and oxygen atoms in total. The number of unbranched alkanes of at least 4 members (excludes halogenated alkanes) is 2. The first kappa shape index (κ1) is 15.8. The standard InChI is InChI=1S/C13H23N3O2S/c1-4-5-6-9-16(3)11-7-8-13(12(14)10-11)19(17,18)15-2/h7-8,10,15H,4-6,9,14H2,1-3H3. The summed E-state index contributed by atoms with van der Waals surface area (Å²) < 4.78 is 25.7. The zero-order valence-corrected chi connectivity index (χ0v) is 12.6. The predicted molar refractivity (Wildman–Crippen MR) is 79.9 cm³/mol. The van der Waals surface area contributed by atoms with Crippen molar-refractivity contribution in [3.63, 3.8) is 0 Å². The second-order valence-electron chi connectivity index (χ2n) is 4.56. The third kappa shape index (κ3) is 4.11. The van der Waals surface area contributed by atoms with Crippen LogP contribution in [-0.4, -0.2) is 29.1 Å². The molecule has 1 aromatic carbocycles. The molecule has 0 unspecified atom stereocenters. The van der Waals surface area contributed by atoms with Crippen molar-refractivity contribution < 1.29 is 8.42 Å². The van der Waals surface area contributed by atoms with E-state index in [-0.39, 0.29) is 10.6 Å². The molecule has 0 aliphatic rings. The van der Waals surface area contributed by atoms with E-state index in [1.54, 1.807) is 18.2 Å². The van der Waals surface area contributed by atoms with Crippen molar-refractivity contribution in [1.82, 2.24) is 4.72 Å². The van der Waals surface area contributed by atoms with E-state index < -0.39 is 10.0 Å². The topological polar surface area (TPSA) is 75.4 Å². The molecule has 19 heavy (non-hydrogen) atoms. The Labute approximate surface area is 115 Å². The Morgan fingerprint density at radius 1 is 1.32 bits per heavy atom. The van der Waals surface area contributed by atoms with Crippen LogP contribution in [0, 0.1) is 0 Å². The number of sulfonamides is 1. The minimum Gasteiger partial charge on any atom is -0.398 e. The van der Waals surface area contributed by atoms with E-state index in [0.717, 1.165) is 18.7 Å². The van der Waals surface area contributed by atoms with Crippen LogP contribution in [0.4, 0.5) is 11.4 Å². The van der Waals surface area contributed by atoms with Crippen molar-refractivity contribution in [2.45, 2.75) is 31.1 Å². The maximum absolute atomic E-state index is 11.7. The van der Waals surface area contributed by atoms with Gasteiger partial charge in [-0.25, -0.2) is 13.1 Å². The quantitative estimate of drug-likeness (QED) is 0.592. The summed E-state index contributed by atoms with van der Waals surface area (Å²) in [5, 5.41) is 0. The average Bonchev–Trinajstić information content (AvgIpc) is 2.38. The van der Waals surface area contributed by atoms with Crippen molar-refractivity contribution in [3.05, 3.63) is 18.2 Å². The lowest BCUT2D eigenvalue weighted by atomic mass is 10.2. The van der Waals surface area contributed by atoms with Gasteiger partial charge in [-0.15, -0.1) is 0 Å². The Kier molecular flexibility index (Phi) is 5.62. The summed E-state index contributed by atoms with van der Waals surface area (Å²) in [5.74, 6) is 0. The number of benzene rings is 1. The summed E-state index contributed by atoms with van der Waals surface area (Å²) in [5.41, 5.74) is 7.04. The van der Waals surface area contributed by atoms with E-state index >= 15 is 0 Å². The van der Waals surface area contributed by atoms with Gasteiger partial charge in [0.1, 0.15) is 4.90 Å². The summed E-state index contributed by atoms with van der Waals surface area (Å²) in [6.07, 6.45) is 3.48. The minimum atomic E-state index is -3.49. The monoisotopic (exact) mass is 285 g/mol. The van der Waals surface area contributed by atoms with E-state index in [1.807, 2.05) is 7.05 Å². The Morgan fingerprint density at radius 2 is 2.00 bits per heavy atom. The van der Waals surface area contributed by atoms with Crippen LogP contribution in [0.5, 0.6) is 0 Å². The summed E-state index contributed by atoms with van der Waals surface area (Å²) in [6.45, 7) is 3.10. The number of nitrogens with two attached hydrogens (primary N) is 1. The summed E-state index contributed by atoms with van der Waals surface area (Å²) >= 11 is 0. The fraction of sp³-hybridized carbons (Fsp3) is 0.538. The van der Waals surface area contributed by atoms with Gasteiger partial charge in [0.05, 0.1) is 5.69 Å². The Hall–Kier alpha value is -1.27. The van der Waals surface area contributed by atoms with Crippen molar-refractivity contribution in [2.75, 3.05) is 31.3 Å². The van der Waals surface area contributed by atoms with E-state index in [2.05, 4.69) is 16.5 Å². The molecule has 1 aromatic rings. The third-order valence-corrected chi connectivity index (χ3v) is 4.58. The third-order valence-electron chi connectivity index (χ3n) is 3.09. The average molecular weight is 285 g/mol. The SMILES string of the molecule is CCCCCN(C)c1ccc(S(=O)(=O)NC)c(N)c1. The number of hydrogen-bond acceptors (Lipinski definition) is 4. The number of hydrogen-bond donors (Lipinski definition) is 2. The molecule has 0 aromatic heterocycles. The molecule has 0 saturated heterocycles. The number of nitrogen functional groups attached to an aromatic ring is 1. The van der Waals surface area contributed by atoms with Crippen LogP contribution in [0.1, 0.15) is 26.2 Å². The van der Waals surface area contributed by atoms with E-state index in [0.29, 0.717) is 0 Å². The van der Waals surface area contributed by atoms with Crippen LogP contribution in [0.2, 0.25) is 0 Å². The largest absolute Gasteiger partial charge is 0.398 e. The molecule has 108 valence electrons. The molecule has 0 aliphatic carbocycles. The summed E-state index contributed by atoms with van der Waals surface area (Å²) in [6, 6.07) is 5.04. The minimum absolute atomic E-state index is 0.126. The van der Waals surface area contributed by atoms with Gasteiger partial charge in [-0.3, -0.25) is 0 Å². The van der Waals surface area contributed by atoms with Crippen molar-refractivity contribution in [1.29, 1.82) is 0 Å². The molecule has 0 spiro atoms. The fourth-order valence-electron chi connectivity index (χ4n) is 1.86. The number of nitrogens with zero attached hydrogens (tertiary/aromatic N) is 1. The Bertz CT molecular complexity index is 515. The first-order valence-electron chi connectivity index (χ1n) is 6.46. The summed E-state index contributed by atoms with van der Waals surface area (Å²) in [4.78, 5) is 2.21. The molecular weight excluding hydrogens is 262 g/mol. The van der Waals surface area contributed by atoms with Crippen LogP contribution in [0.25, 0.3) is 0 Å². The van der Waals surface area contributed by atoms with Gasteiger partial charge in [-0.2, -0.15) is 0 Å². The molecule has 0 saturated carbocycles. The van der Waals surface area contributed by atoms with Gasteiger partial charge in [-0.1, -0.05) is 19.8 Å². The highest BCUT2D eigenvalue weighted by atomic mass is 32.2. The van der Waals surface area contributed by atoms with Gasteiger partial charge in [0.25, 0.3) is 0 Å². The maximum atomic E-state index is 11.7. The molecule has 0 atom stereocenters. The molecule has 1 rings (SSSR count). The van der Waals surface area contributed by atoms with Crippen molar-refractivity contribution in [2.24, 2.45) is 0 Å². The van der Waals surface area contributed by atoms with E-state index in [4.69, 9.17) is 5.73 Å². The molecule has 0 radical (unpaired) electrons. The molecule has 6 heteroatoms. The molecule has 0 amide bonds. The fourth-order valence-corrected chi connectivity index (χ4v) is 2.69. The summed E-state index contributed by atoms with van der Waals surface area (Å²) in [7, 11) is -0.128. The molecule has 0 heterocycles. The van der Waals surface area contributed by atoms with Gasteiger partial charge in [0, 0.05) is 19.3 Å². The second-order valence-corrected chi connectivity index (χ2v) is 6.41. The lowest BCUT2D eigenvalue weighted by molar-refractivity contribution is 0.588. The number of anilines is 2. The number of nitrogens with one attached hydrogen (secondary N) is 1. The lowest BCUT2D eigenvalue weighted by Gasteiger charge is -2.20. The molecule has 3 N–H and O–H groups in total. The lowest BCUT2D eigenvalue weighted by Crippen LogP contribution is -2.21. The molecular formula is C13H23N3O2S. The van der Waals surface area contributed by atoms with Gasteiger partial charge in [0.2, 0.25) is 10.0 Å². The molecule has 0 aliphatic heterocycles. The van der Waals surface area contributed by atoms with Crippen LogP contribution in [0.3, 0.4) is 0 Å². The zero-order valence-electron chi connectivity index (χ0n) is 11.8. The van der Waals surface area contributed by atoms with Crippen molar-refractivity contribution >= 4 is 21.4 Å². The first-order valence-corrected chi connectivity index (χ1v) is 7.95. The molecule has 0 fully saturated rings. The zero-order chi connectivity index (χ0) is 14.5. The van der Waals surface area contributed by atoms with E-state index in [9.17, 15) is 8.42 Å². The van der Waals surface area contributed by atoms with Gasteiger partial charge < -0.3 is 10.6 Å². The van der Waals surface area contributed by atoms with Crippen LogP contribution in [-0.2, 0) is 10.0 Å². The van der Waals surface area contributed by atoms with Gasteiger partial charge in [-0.05, 0) is 31.7 Å². The normalized spacial score (nSPS) is 11.5. The van der Waals surface area contributed by atoms with E-state index in [1.165, 1.54) is 19.9 Å². The Morgan fingerprint density at radius 3 is 2.53 bits per heavy atom. The Balaban J connectivity index is 2.88. The number of rotatable bonds is 7. The van der Waals surface area contributed by atoms with Gasteiger partial charge >= 0.3 is 0 Å². The highest BCUT2D eigenvalue weighted by Crippen LogP contribution is 2.24. The second kappa shape index (κ2) is 6.77. The highest BCUT2D eigenvalue weighted by molar-refractivity contribution is 7.89. The first-order chi connectivity index (χ1) is 8.92. The molecule has 0 bridgehead atoms. The van der Waals surface area contributed by atoms with Crippen LogP contribution >= 0.6 is 0 Å². The highest BCUT2D eigenvalue weighted by Gasteiger charge is 2.15.